The van der Waals surface area contributed by atoms with Crippen LogP contribution in [-0.2, 0) is 13.0 Å². The lowest BCUT2D eigenvalue weighted by atomic mass is 10.2. The molecule has 0 bridgehead atoms. The molecule has 1 saturated heterocycles. The van der Waals surface area contributed by atoms with Crippen molar-refractivity contribution in [2.75, 3.05) is 31.1 Å². The van der Waals surface area contributed by atoms with Gasteiger partial charge in [0.1, 0.15) is 5.75 Å². The number of anilines is 1. The number of aromatic hydroxyl groups is 1. The van der Waals surface area contributed by atoms with E-state index in [1.807, 2.05) is 25.1 Å². The molecule has 1 aliphatic heterocycles. The highest BCUT2D eigenvalue weighted by atomic mass is 16.5. The van der Waals surface area contributed by atoms with E-state index in [1.54, 1.807) is 6.07 Å². The van der Waals surface area contributed by atoms with Crippen molar-refractivity contribution in [3.8, 4) is 5.75 Å². The first-order valence-electron chi connectivity index (χ1n) is 7.33. The normalized spacial score (nSPS) is 16.3. The number of piperazine rings is 1. The Balaban J connectivity index is 1.56. The fraction of sp³-hybridized carbons (Fsp3) is 0.467. The zero-order valence-corrected chi connectivity index (χ0v) is 12.2. The van der Waals surface area contributed by atoms with Crippen LogP contribution in [-0.4, -0.2) is 46.3 Å². The van der Waals surface area contributed by atoms with Crippen LogP contribution in [0.5, 0.6) is 5.75 Å². The highest BCUT2D eigenvalue weighted by Crippen LogP contribution is 2.27. The monoisotopic (exact) mass is 288 g/mol. The molecule has 21 heavy (non-hydrogen) atoms. The quantitative estimate of drug-likeness (QED) is 0.923. The van der Waals surface area contributed by atoms with E-state index in [0.717, 1.165) is 44.1 Å². The molecule has 2 aromatic rings. The minimum atomic E-state index is 0.343. The SMILES string of the molecule is CCc1noc(CN2CCN(c3ccccc3O)CC2)n1. The lowest BCUT2D eigenvalue weighted by Gasteiger charge is -2.35. The highest BCUT2D eigenvalue weighted by molar-refractivity contribution is 5.57. The number of phenols is 1. The van der Waals surface area contributed by atoms with Gasteiger partial charge in [-0.3, -0.25) is 4.90 Å². The van der Waals surface area contributed by atoms with Crippen molar-refractivity contribution in [1.82, 2.24) is 15.0 Å². The third-order valence-electron chi connectivity index (χ3n) is 3.78. The molecule has 1 aromatic heterocycles. The molecule has 1 fully saturated rings. The maximum Gasteiger partial charge on any atom is 0.240 e. The third kappa shape index (κ3) is 3.16. The summed E-state index contributed by atoms with van der Waals surface area (Å²) in [7, 11) is 0. The van der Waals surface area contributed by atoms with Gasteiger partial charge in [-0.2, -0.15) is 4.98 Å². The zero-order valence-electron chi connectivity index (χ0n) is 12.2. The lowest BCUT2D eigenvalue weighted by Crippen LogP contribution is -2.46. The van der Waals surface area contributed by atoms with E-state index in [4.69, 9.17) is 4.52 Å². The number of hydrogen-bond acceptors (Lipinski definition) is 6. The molecular weight excluding hydrogens is 268 g/mol. The van der Waals surface area contributed by atoms with Crippen LogP contribution in [0.15, 0.2) is 28.8 Å². The average Bonchev–Trinajstić information content (AvgIpc) is 2.96. The predicted octanol–water partition coefficient (Wildman–Crippen LogP) is 1.66. The van der Waals surface area contributed by atoms with Crippen molar-refractivity contribution < 1.29 is 9.63 Å². The predicted molar refractivity (Wildman–Crippen MR) is 79.3 cm³/mol. The summed E-state index contributed by atoms with van der Waals surface area (Å²) in [6.45, 7) is 6.30. The van der Waals surface area contributed by atoms with Crippen LogP contribution in [0.2, 0.25) is 0 Å². The molecule has 0 radical (unpaired) electrons. The number of para-hydroxylation sites is 2. The zero-order chi connectivity index (χ0) is 14.7. The summed E-state index contributed by atoms with van der Waals surface area (Å²) in [6, 6.07) is 7.48. The molecule has 1 aromatic carbocycles. The second kappa shape index (κ2) is 6.13. The summed E-state index contributed by atoms with van der Waals surface area (Å²) in [6.07, 6.45) is 0.796. The second-order valence-corrected chi connectivity index (χ2v) is 5.21. The van der Waals surface area contributed by atoms with E-state index in [-0.39, 0.29) is 0 Å². The molecule has 6 nitrogen and oxygen atoms in total. The van der Waals surface area contributed by atoms with E-state index < -0.39 is 0 Å². The van der Waals surface area contributed by atoms with Gasteiger partial charge in [-0.1, -0.05) is 24.2 Å². The summed E-state index contributed by atoms with van der Waals surface area (Å²) in [4.78, 5) is 8.84. The summed E-state index contributed by atoms with van der Waals surface area (Å²) in [5.41, 5.74) is 0.906. The van der Waals surface area contributed by atoms with E-state index in [9.17, 15) is 5.11 Å². The molecule has 1 aliphatic rings. The number of rotatable bonds is 4. The molecule has 2 heterocycles. The Bertz CT molecular complexity index is 591. The minimum absolute atomic E-state index is 0.343. The summed E-state index contributed by atoms with van der Waals surface area (Å²) < 4.78 is 5.23. The number of benzene rings is 1. The first-order valence-corrected chi connectivity index (χ1v) is 7.33. The standard InChI is InChI=1S/C15H20N4O2/c1-2-14-16-15(21-17-14)11-18-7-9-19(10-8-18)12-5-3-4-6-13(12)20/h3-6,20H,2,7-11H2,1H3. The Morgan fingerprint density at radius 2 is 1.95 bits per heavy atom. The fourth-order valence-electron chi connectivity index (χ4n) is 2.57. The van der Waals surface area contributed by atoms with Gasteiger partial charge in [0, 0.05) is 32.6 Å². The first-order chi connectivity index (χ1) is 10.3. The maximum absolute atomic E-state index is 9.91. The number of aromatic nitrogens is 2. The highest BCUT2D eigenvalue weighted by Gasteiger charge is 2.20. The molecule has 0 saturated carbocycles. The molecular formula is C15H20N4O2. The molecule has 112 valence electrons. The number of hydrogen-bond donors (Lipinski definition) is 1. The van der Waals surface area contributed by atoms with E-state index in [1.165, 1.54) is 0 Å². The fourth-order valence-corrected chi connectivity index (χ4v) is 2.57. The van der Waals surface area contributed by atoms with Crippen LogP contribution in [0.25, 0.3) is 0 Å². The van der Waals surface area contributed by atoms with Crippen molar-refractivity contribution in [1.29, 1.82) is 0 Å². The van der Waals surface area contributed by atoms with Gasteiger partial charge < -0.3 is 14.5 Å². The molecule has 0 unspecified atom stereocenters. The van der Waals surface area contributed by atoms with E-state index >= 15 is 0 Å². The van der Waals surface area contributed by atoms with Gasteiger partial charge in [-0.05, 0) is 12.1 Å². The van der Waals surface area contributed by atoms with E-state index in [2.05, 4.69) is 19.9 Å². The van der Waals surface area contributed by atoms with E-state index in [0.29, 0.717) is 18.2 Å². The molecule has 6 heteroatoms. The Labute approximate surface area is 124 Å². The average molecular weight is 288 g/mol. The Morgan fingerprint density at radius 3 is 2.62 bits per heavy atom. The van der Waals surface area contributed by atoms with Gasteiger partial charge in [0.25, 0.3) is 0 Å². The molecule has 0 amide bonds. The molecule has 0 spiro atoms. The van der Waals surface area contributed by atoms with Crippen LogP contribution in [0.4, 0.5) is 5.69 Å². The maximum atomic E-state index is 9.91. The third-order valence-corrected chi connectivity index (χ3v) is 3.78. The minimum Gasteiger partial charge on any atom is -0.506 e. The molecule has 0 aliphatic carbocycles. The van der Waals surface area contributed by atoms with Crippen LogP contribution in [0.1, 0.15) is 18.6 Å². The Kier molecular flexibility index (Phi) is 4.06. The van der Waals surface area contributed by atoms with Gasteiger partial charge in [0.15, 0.2) is 5.82 Å². The number of nitrogens with zero attached hydrogens (tertiary/aromatic N) is 4. The Morgan fingerprint density at radius 1 is 1.19 bits per heavy atom. The van der Waals surface area contributed by atoms with Crippen molar-refractivity contribution >= 4 is 5.69 Å². The van der Waals surface area contributed by atoms with Crippen LogP contribution < -0.4 is 4.90 Å². The topological polar surface area (TPSA) is 65.6 Å². The van der Waals surface area contributed by atoms with Gasteiger partial charge in [-0.15, -0.1) is 0 Å². The molecule has 1 N–H and O–H groups in total. The molecule has 0 atom stereocenters. The number of aryl methyl sites for hydroxylation is 1. The van der Waals surface area contributed by atoms with Crippen LogP contribution >= 0.6 is 0 Å². The lowest BCUT2D eigenvalue weighted by molar-refractivity contribution is 0.215. The number of phenolic OH excluding ortho intramolecular Hbond substituents is 1. The summed E-state index contributed by atoms with van der Waals surface area (Å²) in [5, 5.41) is 13.8. The van der Waals surface area contributed by atoms with Gasteiger partial charge in [0.2, 0.25) is 5.89 Å². The molecule has 3 rings (SSSR count). The van der Waals surface area contributed by atoms with Gasteiger partial charge in [0.05, 0.1) is 12.2 Å². The van der Waals surface area contributed by atoms with Crippen LogP contribution in [0.3, 0.4) is 0 Å². The largest absolute Gasteiger partial charge is 0.506 e. The second-order valence-electron chi connectivity index (χ2n) is 5.21. The van der Waals surface area contributed by atoms with Crippen molar-refractivity contribution in [2.45, 2.75) is 19.9 Å². The first kappa shape index (κ1) is 13.9. The van der Waals surface area contributed by atoms with Gasteiger partial charge >= 0.3 is 0 Å². The van der Waals surface area contributed by atoms with Gasteiger partial charge in [-0.25, -0.2) is 0 Å². The summed E-state index contributed by atoms with van der Waals surface area (Å²) in [5.74, 6) is 1.79. The van der Waals surface area contributed by atoms with Crippen molar-refractivity contribution in [3.63, 3.8) is 0 Å². The van der Waals surface area contributed by atoms with Crippen LogP contribution in [0, 0.1) is 0 Å². The van der Waals surface area contributed by atoms with Crippen molar-refractivity contribution in [2.24, 2.45) is 0 Å². The smallest absolute Gasteiger partial charge is 0.240 e. The van der Waals surface area contributed by atoms with Crippen molar-refractivity contribution in [3.05, 3.63) is 36.0 Å². The Hall–Kier alpha value is -2.08. The summed E-state index contributed by atoms with van der Waals surface area (Å²) >= 11 is 0.